The Morgan fingerprint density at radius 1 is 1.41 bits per heavy atom. The van der Waals surface area contributed by atoms with Crippen LogP contribution >= 0.6 is 27.7 Å². The molecule has 0 amide bonds. The van der Waals surface area contributed by atoms with Crippen molar-refractivity contribution in [3.8, 4) is 0 Å². The lowest BCUT2D eigenvalue weighted by atomic mass is 10.2. The molecule has 0 aliphatic rings. The van der Waals surface area contributed by atoms with Crippen LogP contribution in [0.3, 0.4) is 0 Å². The van der Waals surface area contributed by atoms with Crippen molar-refractivity contribution in [1.82, 2.24) is 9.78 Å². The van der Waals surface area contributed by atoms with Crippen LogP contribution in [0.5, 0.6) is 0 Å². The van der Waals surface area contributed by atoms with Crippen LogP contribution in [0.15, 0.2) is 38.7 Å². The molecule has 0 unspecified atom stereocenters. The van der Waals surface area contributed by atoms with E-state index >= 15 is 0 Å². The predicted octanol–water partition coefficient (Wildman–Crippen LogP) is 3.45. The van der Waals surface area contributed by atoms with Gasteiger partial charge in [0.1, 0.15) is 0 Å². The maximum absolute atomic E-state index is 11.0. The summed E-state index contributed by atoms with van der Waals surface area (Å²) in [6, 6.07) is 7.68. The van der Waals surface area contributed by atoms with Gasteiger partial charge in [0.15, 0.2) is 6.29 Å². The molecule has 0 spiro atoms. The Morgan fingerprint density at radius 3 is 2.76 bits per heavy atom. The Kier molecular flexibility index (Phi) is 3.69. The zero-order valence-corrected chi connectivity index (χ0v) is 11.9. The molecule has 0 saturated heterocycles. The van der Waals surface area contributed by atoms with E-state index in [4.69, 9.17) is 0 Å². The Morgan fingerprint density at radius 2 is 2.18 bits per heavy atom. The fourth-order valence-corrected chi connectivity index (χ4v) is 2.87. The number of nitrogens with zero attached hydrogens (tertiary/aromatic N) is 2. The minimum absolute atomic E-state index is 0.684. The summed E-state index contributed by atoms with van der Waals surface area (Å²) >= 11 is 4.90. The smallest absolute Gasteiger partial charge is 0.151 e. The molecule has 2 aromatic rings. The van der Waals surface area contributed by atoms with Gasteiger partial charge in [0.25, 0.3) is 0 Å². The van der Waals surface area contributed by atoms with Crippen molar-refractivity contribution in [3.63, 3.8) is 0 Å². The number of halogens is 1. The number of carbonyl (C=O) groups is 1. The zero-order chi connectivity index (χ0) is 12.4. The SMILES string of the molecule is Cc1cc(Sc2ccc(Br)cc2C=O)n(C)n1. The van der Waals surface area contributed by atoms with Crippen molar-refractivity contribution >= 4 is 34.0 Å². The van der Waals surface area contributed by atoms with Crippen molar-refractivity contribution < 1.29 is 4.79 Å². The molecular formula is C12H11BrN2OS. The summed E-state index contributed by atoms with van der Waals surface area (Å²) in [4.78, 5) is 11.9. The number of benzene rings is 1. The fourth-order valence-electron chi connectivity index (χ4n) is 1.50. The van der Waals surface area contributed by atoms with Gasteiger partial charge in [-0.1, -0.05) is 27.7 Å². The maximum atomic E-state index is 11.0. The summed E-state index contributed by atoms with van der Waals surface area (Å²) in [5, 5.41) is 5.30. The van der Waals surface area contributed by atoms with Gasteiger partial charge in [-0.15, -0.1) is 0 Å². The Bertz CT molecular complexity index is 566. The standard InChI is InChI=1S/C12H11BrN2OS/c1-8-5-12(15(2)14-8)17-11-4-3-10(13)6-9(11)7-16/h3-7H,1-2H3. The average molecular weight is 311 g/mol. The largest absolute Gasteiger partial charge is 0.298 e. The maximum Gasteiger partial charge on any atom is 0.151 e. The van der Waals surface area contributed by atoms with E-state index in [0.29, 0.717) is 5.56 Å². The van der Waals surface area contributed by atoms with Crippen LogP contribution in [0, 0.1) is 6.92 Å². The summed E-state index contributed by atoms with van der Waals surface area (Å²) in [6.45, 7) is 1.95. The molecule has 0 aliphatic carbocycles. The first-order chi connectivity index (χ1) is 8.10. The molecule has 1 aromatic heterocycles. The normalized spacial score (nSPS) is 10.5. The van der Waals surface area contributed by atoms with Gasteiger partial charge in [-0.2, -0.15) is 5.10 Å². The first-order valence-electron chi connectivity index (χ1n) is 5.03. The van der Waals surface area contributed by atoms with Crippen LogP contribution in [0.4, 0.5) is 0 Å². The molecule has 0 fully saturated rings. The van der Waals surface area contributed by atoms with Crippen molar-refractivity contribution in [3.05, 3.63) is 40.0 Å². The molecule has 2 rings (SSSR count). The van der Waals surface area contributed by atoms with Gasteiger partial charge >= 0.3 is 0 Å². The predicted molar refractivity (Wildman–Crippen MR) is 71.6 cm³/mol. The molecule has 1 aromatic carbocycles. The van der Waals surface area contributed by atoms with E-state index in [-0.39, 0.29) is 0 Å². The van der Waals surface area contributed by atoms with Crippen LogP contribution in [0.1, 0.15) is 16.1 Å². The van der Waals surface area contributed by atoms with Gasteiger partial charge in [-0.25, -0.2) is 0 Å². The summed E-state index contributed by atoms with van der Waals surface area (Å²) < 4.78 is 2.72. The molecule has 5 heteroatoms. The second kappa shape index (κ2) is 5.06. The highest BCUT2D eigenvalue weighted by Gasteiger charge is 2.08. The van der Waals surface area contributed by atoms with Crippen LogP contribution in [0.25, 0.3) is 0 Å². The van der Waals surface area contributed by atoms with E-state index in [1.165, 1.54) is 0 Å². The molecule has 3 nitrogen and oxygen atoms in total. The molecular weight excluding hydrogens is 300 g/mol. The second-order valence-corrected chi connectivity index (χ2v) is 5.63. The molecule has 0 aliphatic heterocycles. The highest BCUT2D eigenvalue weighted by molar-refractivity contribution is 9.10. The van der Waals surface area contributed by atoms with Gasteiger partial charge in [-0.05, 0) is 31.2 Å². The number of carbonyl (C=O) groups excluding carboxylic acids is 1. The van der Waals surface area contributed by atoms with Crippen molar-refractivity contribution in [2.75, 3.05) is 0 Å². The highest BCUT2D eigenvalue weighted by Crippen LogP contribution is 2.31. The van der Waals surface area contributed by atoms with E-state index in [1.807, 2.05) is 42.9 Å². The number of rotatable bonds is 3. The number of aromatic nitrogens is 2. The second-order valence-electron chi connectivity index (χ2n) is 3.65. The monoisotopic (exact) mass is 310 g/mol. The topological polar surface area (TPSA) is 34.9 Å². The average Bonchev–Trinajstić information content (AvgIpc) is 2.60. The number of aryl methyl sites for hydroxylation is 2. The van der Waals surface area contributed by atoms with Gasteiger partial charge in [0.05, 0.1) is 10.7 Å². The summed E-state index contributed by atoms with van der Waals surface area (Å²) in [6.07, 6.45) is 0.871. The lowest BCUT2D eigenvalue weighted by Gasteiger charge is -2.05. The first-order valence-corrected chi connectivity index (χ1v) is 6.64. The molecule has 0 bridgehead atoms. The first kappa shape index (κ1) is 12.4. The van der Waals surface area contributed by atoms with E-state index in [1.54, 1.807) is 11.8 Å². The Balaban J connectivity index is 2.36. The minimum atomic E-state index is 0.684. The van der Waals surface area contributed by atoms with E-state index in [9.17, 15) is 4.79 Å². The number of hydrogen-bond donors (Lipinski definition) is 0. The van der Waals surface area contributed by atoms with Gasteiger partial charge in [0, 0.05) is 22.0 Å². The number of aldehydes is 1. The molecule has 88 valence electrons. The quantitative estimate of drug-likeness (QED) is 0.814. The number of hydrogen-bond acceptors (Lipinski definition) is 3. The van der Waals surface area contributed by atoms with Crippen LogP contribution in [0.2, 0.25) is 0 Å². The van der Waals surface area contributed by atoms with Gasteiger partial charge in [-0.3, -0.25) is 9.48 Å². The minimum Gasteiger partial charge on any atom is -0.298 e. The third-order valence-corrected chi connectivity index (χ3v) is 3.95. The van der Waals surface area contributed by atoms with Crippen molar-refractivity contribution in [2.24, 2.45) is 7.05 Å². The molecule has 1 heterocycles. The lowest BCUT2D eigenvalue weighted by molar-refractivity contribution is 0.112. The Hall–Kier alpha value is -1.07. The van der Waals surface area contributed by atoms with Crippen molar-refractivity contribution in [1.29, 1.82) is 0 Å². The van der Waals surface area contributed by atoms with Crippen molar-refractivity contribution in [2.45, 2.75) is 16.8 Å². The molecule has 17 heavy (non-hydrogen) atoms. The van der Waals surface area contributed by atoms with Crippen LogP contribution in [-0.4, -0.2) is 16.1 Å². The summed E-state index contributed by atoms with van der Waals surface area (Å²) in [7, 11) is 1.90. The Labute approximate surface area is 112 Å². The van der Waals surface area contributed by atoms with Gasteiger partial charge < -0.3 is 0 Å². The molecule has 0 saturated carbocycles. The van der Waals surface area contributed by atoms with E-state index < -0.39 is 0 Å². The molecule has 0 radical (unpaired) electrons. The van der Waals surface area contributed by atoms with E-state index in [2.05, 4.69) is 21.0 Å². The molecule has 0 N–H and O–H groups in total. The lowest BCUT2D eigenvalue weighted by Crippen LogP contribution is -1.93. The summed E-state index contributed by atoms with van der Waals surface area (Å²) in [5.41, 5.74) is 1.66. The molecule has 0 atom stereocenters. The van der Waals surface area contributed by atoms with Crippen LogP contribution in [-0.2, 0) is 7.05 Å². The third-order valence-electron chi connectivity index (χ3n) is 2.27. The van der Waals surface area contributed by atoms with Gasteiger partial charge in [0.2, 0.25) is 0 Å². The zero-order valence-electron chi connectivity index (χ0n) is 9.48. The summed E-state index contributed by atoms with van der Waals surface area (Å²) in [5.74, 6) is 0. The fraction of sp³-hybridized carbons (Fsp3) is 0.167. The third kappa shape index (κ3) is 2.79. The van der Waals surface area contributed by atoms with Crippen LogP contribution < -0.4 is 0 Å². The highest BCUT2D eigenvalue weighted by atomic mass is 79.9. The van der Waals surface area contributed by atoms with E-state index in [0.717, 1.165) is 26.4 Å².